The third kappa shape index (κ3) is 1.11. The first-order valence-corrected chi connectivity index (χ1v) is 4.38. The summed E-state index contributed by atoms with van der Waals surface area (Å²) in [7, 11) is 0. The van der Waals surface area contributed by atoms with Gasteiger partial charge in [-0.15, -0.1) is 0 Å². The highest BCUT2D eigenvalue weighted by atomic mass is 16.8. The van der Waals surface area contributed by atoms with E-state index in [1.54, 1.807) is 0 Å². The van der Waals surface area contributed by atoms with Crippen LogP contribution in [0.4, 0.5) is 0 Å². The van der Waals surface area contributed by atoms with Gasteiger partial charge in [0.2, 0.25) is 0 Å². The minimum absolute atomic E-state index is 0.0719. The summed E-state index contributed by atoms with van der Waals surface area (Å²) in [5.74, 6) is -6.68. The lowest BCUT2D eigenvalue weighted by Crippen LogP contribution is -2.65. The lowest BCUT2D eigenvalue weighted by molar-refractivity contribution is -0.386. The van der Waals surface area contributed by atoms with Gasteiger partial charge in [0.15, 0.2) is 0 Å². The molecule has 6 nitrogen and oxygen atoms in total. The normalized spacial score (nSPS) is 42.4. The first-order chi connectivity index (χ1) is 6.47. The lowest BCUT2D eigenvalue weighted by atomic mass is 9.87. The molecule has 0 aromatic rings. The molecule has 0 radical (unpaired) electrons. The molecule has 0 aromatic carbocycles. The number of fused-ring (bicyclic) bond motifs is 1. The van der Waals surface area contributed by atoms with Crippen LogP contribution in [0.25, 0.3) is 0 Å². The van der Waals surface area contributed by atoms with Crippen LogP contribution in [0.3, 0.4) is 0 Å². The number of ether oxygens (including phenoxy) is 2. The molecule has 78 valence electrons. The summed E-state index contributed by atoms with van der Waals surface area (Å²) in [6.07, 6.45) is 1.35. The van der Waals surface area contributed by atoms with Gasteiger partial charge >= 0.3 is 11.9 Å². The summed E-state index contributed by atoms with van der Waals surface area (Å²) < 4.78 is 8.97. The zero-order valence-electron chi connectivity index (χ0n) is 7.36. The van der Waals surface area contributed by atoms with Crippen LogP contribution in [0.1, 0.15) is 25.7 Å². The van der Waals surface area contributed by atoms with Crippen molar-refractivity contribution in [3.05, 3.63) is 0 Å². The SMILES string of the molecule is O=C1OC2(O)CCCCC2(O)OC1=O. The molecule has 1 aliphatic heterocycles. The van der Waals surface area contributed by atoms with Crippen molar-refractivity contribution in [2.45, 2.75) is 37.3 Å². The van der Waals surface area contributed by atoms with E-state index in [0.29, 0.717) is 12.8 Å². The van der Waals surface area contributed by atoms with Crippen LogP contribution in [0.15, 0.2) is 0 Å². The molecule has 2 aliphatic rings. The fourth-order valence-electron chi connectivity index (χ4n) is 1.77. The zero-order chi connectivity index (χ0) is 10.4. The fraction of sp³-hybridized carbons (Fsp3) is 0.750. The Labute approximate surface area is 79.4 Å². The molecule has 0 aromatic heterocycles. The summed E-state index contributed by atoms with van der Waals surface area (Å²) in [5, 5.41) is 19.5. The molecule has 1 heterocycles. The van der Waals surface area contributed by atoms with Crippen molar-refractivity contribution in [1.29, 1.82) is 0 Å². The summed E-state index contributed by atoms with van der Waals surface area (Å²) in [5.41, 5.74) is 0. The minimum atomic E-state index is -2.07. The van der Waals surface area contributed by atoms with E-state index in [0.717, 1.165) is 0 Å². The third-order valence-electron chi connectivity index (χ3n) is 2.58. The second-order valence-corrected chi connectivity index (χ2v) is 3.55. The second-order valence-electron chi connectivity index (χ2n) is 3.55. The molecule has 2 unspecified atom stereocenters. The predicted molar refractivity (Wildman–Crippen MR) is 40.6 cm³/mol. The highest BCUT2D eigenvalue weighted by Gasteiger charge is 2.62. The predicted octanol–water partition coefficient (Wildman–Crippen LogP) is -0.962. The highest BCUT2D eigenvalue weighted by Crippen LogP contribution is 2.41. The summed E-state index contributed by atoms with van der Waals surface area (Å²) in [6.45, 7) is 0. The molecule has 2 rings (SSSR count). The number of carbonyl (C=O) groups is 2. The Bertz CT molecular complexity index is 270. The van der Waals surface area contributed by atoms with Crippen molar-refractivity contribution >= 4 is 11.9 Å². The topological polar surface area (TPSA) is 93.1 Å². The van der Waals surface area contributed by atoms with Gasteiger partial charge in [-0.05, 0) is 12.8 Å². The van der Waals surface area contributed by atoms with Gasteiger partial charge in [-0.2, -0.15) is 0 Å². The van der Waals surface area contributed by atoms with Crippen LogP contribution in [-0.4, -0.2) is 33.7 Å². The highest BCUT2D eigenvalue weighted by molar-refractivity contribution is 6.30. The van der Waals surface area contributed by atoms with Crippen molar-refractivity contribution in [3.63, 3.8) is 0 Å². The van der Waals surface area contributed by atoms with Crippen molar-refractivity contribution in [2.24, 2.45) is 0 Å². The maximum absolute atomic E-state index is 10.8. The number of esters is 2. The fourth-order valence-corrected chi connectivity index (χ4v) is 1.77. The molecule has 0 bridgehead atoms. The van der Waals surface area contributed by atoms with Crippen molar-refractivity contribution in [3.8, 4) is 0 Å². The van der Waals surface area contributed by atoms with Crippen LogP contribution in [0, 0.1) is 0 Å². The monoisotopic (exact) mass is 202 g/mol. The molecule has 6 heteroatoms. The average molecular weight is 202 g/mol. The van der Waals surface area contributed by atoms with Gasteiger partial charge in [0.25, 0.3) is 11.6 Å². The van der Waals surface area contributed by atoms with E-state index in [2.05, 4.69) is 9.47 Å². The average Bonchev–Trinajstić information content (AvgIpc) is 2.09. The molecule has 2 N–H and O–H groups in total. The number of carbonyl (C=O) groups excluding carboxylic acids is 2. The zero-order valence-corrected chi connectivity index (χ0v) is 7.36. The first-order valence-electron chi connectivity index (χ1n) is 4.38. The van der Waals surface area contributed by atoms with E-state index >= 15 is 0 Å². The molecule has 0 amide bonds. The minimum Gasteiger partial charge on any atom is -0.417 e. The van der Waals surface area contributed by atoms with Crippen LogP contribution < -0.4 is 0 Å². The Morgan fingerprint density at radius 3 is 1.64 bits per heavy atom. The molecular formula is C8H10O6. The molecule has 14 heavy (non-hydrogen) atoms. The van der Waals surface area contributed by atoms with Crippen LogP contribution in [0.5, 0.6) is 0 Å². The number of hydrogen-bond acceptors (Lipinski definition) is 6. The third-order valence-corrected chi connectivity index (χ3v) is 2.58. The van der Waals surface area contributed by atoms with Crippen molar-refractivity contribution in [1.82, 2.24) is 0 Å². The van der Waals surface area contributed by atoms with Gasteiger partial charge in [-0.3, -0.25) is 0 Å². The van der Waals surface area contributed by atoms with Gasteiger partial charge in [0, 0.05) is 12.8 Å². The molecule has 1 saturated carbocycles. The standard InChI is InChI=1S/C8H10O6/c9-5-6(10)14-8(12)4-2-1-3-7(8,11)13-5/h11-12H,1-4H2. The van der Waals surface area contributed by atoms with Gasteiger partial charge < -0.3 is 19.7 Å². The van der Waals surface area contributed by atoms with Gasteiger partial charge in [0.1, 0.15) is 0 Å². The van der Waals surface area contributed by atoms with E-state index in [4.69, 9.17) is 0 Å². The molecule has 1 aliphatic carbocycles. The number of rotatable bonds is 0. The van der Waals surface area contributed by atoms with E-state index in [1.165, 1.54) is 0 Å². The quantitative estimate of drug-likeness (QED) is 0.388. The molecular weight excluding hydrogens is 192 g/mol. The Morgan fingerprint density at radius 1 is 0.929 bits per heavy atom. The summed E-state index contributed by atoms with van der Waals surface area (Å²) in [6, 6.07) is 0. The van der Waals surface area contributed by atoms with Gasteiger partial charge in [0.05, 0.1) is 0 Å². The first kappa shape index (κ1) is 9.42. The van der Waals surface area contributed by atoms with E-state index in [9.17, 15) is 19.8 Å². The van der Waals surface area contributed by atoms with Crippen LogP contribution in [0.2, 0.25) is 0 Å². The Balaban J connectivity index is 2.32. The molecule has 2 fully saturated rings. The molecule has 0 spiro atoms. The Kier molecular flexibility index (Phi) is 1.80. The second kappa shape index (κ2) is 2.68. The lowest BCUT2D eigenvalue weighted by Gasteiger charge is -2.46. The van der Waals surface area contributed by atoms with Crippen LogP contribution >= 0.6 is 0 Å². The number of aliphatic hydroxyl groups is 2. The Morgan fingerprint density at radius 2 is 1.29 bits per heavy atom. The number of hydrogen-bond donors (Lipinski definition) is 2. The van der Waals surface area contributed by atoms with Crippen molar-refractivity contribution in [2.75, 3.05) is 0 Å². The summed E-state index contributed by atoms with van der Waals surface area (Å²) in [4.78, 5) is 21.7. The van der Waals surface area contributed by atoms with Crippen molar-refractivity contribution < 1.29 is 29.3 Å². The van der Waals surface area contributed by atoms with Crippen LogP contribution in [-0.2, 0) is 19.1 Å². The largest absolute Gasteiger partial charge is 0.420 e. The summed E-state index contributed by atoms with van der Waals surface area (Å²) >= 11 is 0. The van der Waals surface area contributed by atoms with E-state index < -0.39 is 23.5 Å². The van der Waals surface area contributed by atoms with Gasteiger partial charge in [-0.1, -0.05) is 0 Å². The maximum Gasteiger partial charge on any atom is 0.420 e. The molecule has 2 atom stereocenters. The van der Waals surface area contributed by atoms with E-state index in [1.807, 2.05) is 0 Å². The smallest absolute Gasteiger partial charge is 0.417 e. The van der Waals surface area contributed by atoms with Gasteiger partial charge in [-0.25, -0.2) is 9.59 Å². The molecule has 1 saturated heterocycles. The Hall–Kier alpha value is -1.14. The maximum atomic E-state index is 10.8. The van der Waals surface area contributed by atoms with E-state index in [-0.39, 0.29) is 12.8 Å².